The van der Waals surface area contributed by atoms with Gasteiger partial charge in [-0.1, -0.05) is 54.6 Å². The van der Waals surface area contributed by atoms with E-state index in [0.29, 0.717) is 5.82 Å². The van der Waals surface area contributed by atoms with E-state index in [1.54, 1.807) is 0 Å². The molecule has 0 unspecified atom stereocenters. The molecule has 0 amide bonds. The summed E-state index contributed by atoms with van der Waals surface area (Å²) in [7, 11) is 0. The largest absolute Gasteiger partial charge is 0.480 e. The molecule has 1 aromatic heterocycles. The van der Waals surface area contributed by atoms with Gasteiger partial charge in [0.05, 0.1) is 0 Å². The fourth-order valence-corrected chi connectivity index (χ4v) is 2.09. The van der Waals surface area contributed by atoms with Gasteiger partial charge in [-0.15, -0.1) is 5.10 Å². The first kappa shape index (κ1) is 13.0. The van der Waals surface area contributed by atoms with Gasteiger partial charge in [-0.3, -0.25) is 4.79 Å². The molecule has 0 bridgehead atoms. The molecule has 0 saturated carbocycles. The number of tetrazole rings is 1. The number of aliphatic carboxylic acids is 1. The minimum Gasteiger partial charge on any atom is -0.480 e. The quantitative estimate of drug-likeness (QED) is 0.791. The summed E-state index contributed by atoms with van der Waals surface area (Å²) in [6.45, 7) is -0.261. The van der Waals surface area contributed by atoms with Crippen molar-refractivity contribution in [2.45, 2.75) is 6.54 Å². The van der Waals surface area contributed by atoms with Crippen molar-refractivity contribution in [2.75, 3.05) is 0 Å². The highest BCUT2D eigenvalue weighted by Gasteiger charge is 2.11. The number of carboxylic acids is 1. The topological polar surface area (TPSA) is 80.9 Å². The van der Waals surface area contributed by atoms with Crippen LogP contribution in [0.3, 0.4) is 0 Å². The smallest absolute Gasteiger partial charge is 0.325 e. The Hall–Kier alpha value is -3.02. The molecule has 0 saturated heterocycles. The fourth-order valence-electron chi connectivity index (χ4n) is 2.09. The van der Waals surface area contributed by atoms with Crippen LogP contribution in [-0.4, -0.2) is 31.3 Å². The molecule has 1 N–H and O–H groups in total. The summed E-state index contributed by atoms with van der Waals surface area (Å²) in [6, 6.07) is 17.7. The summed E-state index contributed by atoms with van der Waals surface area (Å²) in [5.74, 6) is -0.540. The van der Waals surface area contributed by atoms with Gasteiger partial charge in [0.2, 0.25) is 0 Å². The summed E-state index contributed by atoms with van der Waals surface area (Å²) < 4.78 is 1.26. The Balaban J connectivity index is 1.91. The zero-order valence-electron chi connectivity index (χ0n) is 11.0. The van der Waals surface area contributed by atoms with Crippen LogP contribution in [0.1, 0.15) is 0 Å². The van der Waals surface area contributed by atoms with Crippen molar-refractivity contribution in [3.8, 4) is 22.5 Å². The predicted octanol–water partition coefficient (Wildman–Crippen LogP) is 2.09. The summed E-state index contributed by atoms with van der Waals surface area (Å²) in [5, 5.41) is 19.9. The molecular weight excluding hydrogens is 268 g/mol. The number of hydrogen-bond donors (Lipinski definition) is 1. The Kier molecular flexibility index (Phi) is 3.42. The highest BCUT2D eigenvalue weighted by molar-refractivity contribution is 5.69. The number of rotatable bonds is 4. The van der Waals surface area contributed by atoms with Crippen LogP contribution in [0.5, 0.6) is 0 Å². The van der Waals surface area contributed by atoms with E-state index < -0.39 is 5.97 Å². The Morgan fingerprint density at radius 2 is 1.57 bits per heavy atom. The third-order valence-electron chi connectivity index (χ3n) is 3.07. The van der Waals surface area contributed by atoms with Crippen molar-refractivity contribution in [1.82, 2.24) is 20.2 Å². The Labute approximate surface area is 120 Å². The molecule has 6 heteroatoms. The van der Waals surface area contributed by atoms with E-state index in [9.17, 15) is 4.79 Å². The lowest BCUT2D eigenvalue weighted by molar-refractivity contribution is -0.137. The van der Waals surface area contributed by atoms with E-state index in [4.69, 9.17) is 5.11 Å². The number of benzene rings is 2. The summed E-state index contributed by atoms with van der Waals surface area (Å²) >= 11 is 0. The Bertz CT molecular complexity index is 751. The van der Waals surface area contributed by atoms with Crippen LogP contribution in [-0.2, 0) is 11.3 Å². The molecular formula is C15H12N4O2. The maximum absolute atomic E-state index is 10.8. The molecule has 2 aromatic carbocycles. The SMILES string of the molecule is O=C(O)Cn1nnnc1-c1ccc(-c2ccccc2)cc1. The highest BCUT2D eigenvalue weighted by atomic mass is 16.4. The lowest BCUT2D eigenvalue weighted by atomic mass is 10.0. The maximum atomic E-state index is 10.8. The van der Waals surface area contributed by atoms with Crippen molar-refractivity contribution in [1.29, 1.82) is 0 Å². The Morgan fingerprint density at radius 1 is 0.952 bits per heavy atom. The molecule has 0 atom stereocenters. The zero-order valence-corrected chi connectivity index (χ0v) is 11.0. The minimum absolute atomic E-state index is 0.261. The standard InChI is InChI=1S/C15H12N4O2/c20-14(21)10-19-15(16-17-18-19)13-8-6-12(7-9-13)11-4-2-1-3-5-11/h1-9H,10H2,(H,20,21). The molecule has 6 nitrogen and oxygen atoms in total. The fraction of sp³-hybridized carbons (Fsp3) is 0.0667. The van der Waals surface area contributed by atoms with Crippen molar-refractivity contribution in [3.05, 3.63) is 54.6 Å². The van der Waals surface area contributed by atoms with Crippen LogP contribution in [0.15, 0.2) is 54.6 Å². The zero-order chi connectivity index (χ0) is 14.7. The third kappa shape index (κ3) is 2.79. The van der Waals surface area contributed by atoms with Crippen molar-refractivity contribution < 1.29 is 9.90 Å². The molecule has 3 rings (SSSR count). The molecule has 0 spiro atoms. The van der Waals surface area contributed by atoms with E-state index in [-0.39, 0.29) is 6.54 Å². The first-order valence-corrected chi connectivity index (χ1v) is 6.38. The van der Waals surface area contributed by atoms with Gasteiger partial charge in [-0.2, -0.15) is 0 Å². The number of carboxylic acid groups (broad SMARTS) is 1. The molecule has 104 valence electrons. The average molecular weight is 280 g/mol. The summed E-state index contributed by atoms with van der Waals surface area (Å²) in [5.41, 5.74) is 2.98. The van der Waals surface area contributed by atoms with Gasteiger partial charge in [0.1, 0.15) is 6.54 Å². The van der Waals surface area contributed by atoms with Crippen LogP contribution >= 0.6 is 0 Å². The van der Waals surface area contributed by atoms with Crippen LogP contribution in [0.4, 0.5) is 0 Å². The lowest BCUT2D eigenvalue weighted by Crippen LogP contribution is -2.11. The van der Waals surface area contributed by atoms with E-state index in [1.165, 1.54) is 4.68 Å². The second-order valence-electron chi connectivity index (χ2n) is 4.50. The average Bonchev–Trinajstić information content (AvgIpc) is 2.96. The molecule has 0 aliphatic rings. The van der Waals surface area contributed by atoms with E-state index in [0.717, 1.165) is 16.7 Å². The molecule has 1 heterocycles. The maximum Gasteiger partial charge on any atom is 0.325 e. The number of hydrogen-bond acceptors (Lipinski definition) is 4. The number of aromatic nitrogens is 4. The van der Waals surface area contributed by atoms with Crippen molar-refractivity contribution >= 4 is 5.97 Å². The Morgan fingerprint density at radius 3 is 2.24 bits per heavy atom. The second-order valence-corrected chi connectivity index (χ2v) is 4.50. The van der Waals surface area contributed by atoms with E-state index in [1.807, 2.05) is 54.6 Å². The van der Waals surface area contributed by atoms with Gasteiger partial charge in [-0.05, 0) is 21.6 Å². The highest BCUT2D eigenvalue weighted by Crippen LogP contribution is 2.23. The first-order valence-electron chi connectivity index (χ1n) is 6.38. The molecule has 3 aromatic rings. The minimum atomic E-state index is -0.982. The molecule has 0 radical (unpaired) electrons. The van der Waals surface area contributed by atoms with E-state index in [2.05, 4.69) is 15.5 Å². The lowest BCUT2D eigenvalue weighted by Gasteiger charge is -2.04. The van der Waals surface area contributed by atoms with Crippen LogP contribution in [0, 0.1) is 0 Å². The first-order chi connectivity index (χ1) is 10.2. The monoisotopic (exact) mass is 280 g/mol. The third-order valence-corrected chi connectivity index (χ3v) is 3.07. The summed E-state index contributed by atoms with van der Waals surface area (Å²) in [4.78, 5) is 10.8. The second kappa shape index (κ2) is 5.54. The molecule has 0 fully saturated rings. The summed E-state index contributed by atoms with van der Waals surface area (Å²) in [6.07, 6.45) is 0. The van der Waals surface area contributed by atoms with Gasteiger partial charge in [0.15, 0.2) is 5.82 Å². The normalized spacial score (nSPS) is 10.5. The van der Waals surface area contributed by atoms with Gasteiger partial charge >= 0.3 is 5.97 Å². The predicted molar refractivity (Wildman–Crippen MR) is 76.3 cm³/mol. The van der Waals surface area contributed by atoms with Crippen LogP contribution < -0.4 is 0 Å². The molecule has 0 aliphatic heterocycles. The van der Waals surface area contributed by atoms with Crippen molar-refractivity contribution in [2.24, 2.45) is 0 Å². The van der Waals surface area contributed by atoms with Gasteiger partial charge < -0.3 is 5.11 Å². The van der Waals surface area contributed by atoms with Gasteiger partial charge in [-0.25, -0.2) is 4.68 Å². The van der Waals surface area contributed by atoms with E-state index >= 15 is 0 Å². The van der Waals surface area contributed by atoms with Crippen LogP contribution in [0.25, 0.3) is 22.5 Å². The molecule has 21 heavy (non-hydrogen) atoms. The van der Waals surface area contributed by atoms with Crippen molar-refractivity contribution in [3.63, 3.8) is 0 Å². The molecule has 0 aliphatic carbocycles. The van der Waals surface area contributed by atoms with Gasteiger partial charge in [0, 0.05) is 5.56 Å². The van der Waals surface area contributed by atoms with Gasteiger partial charge in [0.25, 0.3) is 0 Å². The van der Waals surface area contributed by atoms with Crippen LogP contribution in [0.2, 0.25) is 0 Å². The number of carbonyl (C=O) groups is 1. The number of nitrogens with zero attached hydrogens (tertiary/aromatic N) is 4.